The van der Waals surface area contributed by atoms with Crippen LogP contribution in [0.3, 0.4) is 0 Å². The fourth-order valence-electron chi connectivity index (χ4n) is 2.12. The molecule has 0 atom stereocenters. The van der Waals surface area contributed by atoms with Crippen molar-refractivity contribution in [1.82, 2.24) is 9.97 Å². The normalized spacial score (nSPS) is 11.1. The molecule has 0 saturated heterocycles. The minimum absolute atomic E-state index is 0.540. The molecule has 3 N–H and O–H groups in total. The summed E-state index contributed by atoms with van der Waals surface area (Å²) in [6.45, 7) is 2.61. The van der Waals surface area contributed by atoms with Gasteiger partial charge in [-0.25, -0.2) is 4.98 Å². The van der Waals surface area contributed by atoms with E-state index in [9.17, 15) is 0 Å². The minimum atomic E-state index is 0.540. The molecule has 4 heteroatoms. The Morgan fingerprint density at radius 1 is 1.21 bits per heavy atom. The zero-order valence-corrected chi connectivity index (χ0v) is 12.2. The van der Waals surface area contributed by atoms with Crippen LogP contribution >= 0.6 is 15.9 Å². The Morgan fingerprint density at radius 2 is 2.05 bits per heavy atom. The molecule has 0 aliphatic rings. The average Bonchev–Trinajstić information content (AvgIpc) is 2.80. The number of imidazole rings is 1. The van der Waals surface area contributed by atoms with Gasteiger partial charge in [-0.1, -0.05) is 28.1 Å². The van der Waals surface area contributed by atoms with Gasteiger partial charge in [0, 0.05) is 16.6 Å². The second kappa shape index (κ2) is 4.79. The highest BCUT2D eigenvalue weighted by Crippen LogP contribution is 2.28. The number of aryl methyl sites for hydroxylation is 1. The molecular weight excluding hydrogens is 302 g/mol. The van der Waals surface area contributed by atoms with Crippen molar-refractivity contribution in [3.05, 3.63) is 52.0 Å². The maximum atomic E-state index is 5.66. The third-order valence-electron chi connectivity index (χ3n) is 3.16. The van der Waals surface area contributed by atoms with E-state index in [4.69, 9.17) is 5.73 Å². The zero-order valence-electron chi connectivity index (χ0n) is 10.6. The summed E-state index contributed by atoms with van der Waals surface area (Å²) >= 11 is 3.59. The van der Waals surface area contributed by atoms with E-state index >= 15 is 0 Å². The Morgan fingerprint density at radius 3 is 2.79 bits per heavy atom. The molecule has 19 heavy (non-hydrogen) atoms. The molecule has 1 heterocycles. The van der Waals surface area contributed by atoms with Gasteiger partial charge < -0.3 is 10.7 Å². The quantitative estimate of drug-likeness (QED) is 0.756. The Balaban J connectivity index is 2.14. The predicted octanol–water partition coefficient (Wildman–Crippen LogP) is 3.76. The maximum absolute atomic E-state index is 5.66. The van der Waals surface area contributed by atoms with Crippen molar-refractivity contribution in [1.29, 1.82) is 0 Å². The number of aromatic nitrogens is 2. The lowest BCUT2D eigenvalue weighted by Gasteiger charge is -2.01. The number of hydrogen-bond donors (Lipinski definition) is 2. The van der Waals surface area contributed by atoms with Gasteiger partial charge in [0.25, 0.3) is 0 Å². The topological polar surface area (TPSA) is 54.7 Å². The molecule has 0 saturated carbocycles. The average molecular weight is 316 g/mol. The van der Waals surface area contributed by atoms with Gasteiger partial charge in [0.05, 0.1) is 11.0 Å². The van der Waals surface area contributed by atoms with Gasteiger partial charge >= 0.3 is 0 Å². The van der Waals surface area contributed by atoms with E-state index in [1.165, 1.54) is 5.56 Å². The number of hydrogen-bond acceptors (Lipinski definition) is 2. The largest absolute Gasteiger partial charge is 0.338 e. The smallest absolute Gasteiger partial charge is 0.139 e. The van der Waals surface area contributed by atoms with Crippen molar-refractivity contribution in [2.45, 2.75) is 13.5 Å². The Kier molecular flexibility index (Phi) is 3.12. The SMILES string of the molecule is Cc1ccc(-c2nc3ccc(CN)cc3[nH]2)c(Br)c1. The molecule has 2 aromatic carbocycles. The summed E-state index contributed by atoms with van der Waals surface area (Å²) in [6.07, 6.45) is 0. The molecule has 96 valence electrons. The van der Waals surface area contributed by atoms with E-state index in [-0.39, 0.29) is 0 Å². The van der Waals surface area contributed by atoms with Crippen molar-refractivity contribution < 1.29 is 0 Å². The van der Waals surface area contributed by atoms with Crippen LogP contribution in [0, 0.1) is 6.92 Å². The first kappa shape index (κ1) is 12.4. The van der Waals surface area contributed by atoms with Crippen molar-refractivity contribution in [2.24, 2.45) is 5.73 Å². The number of fused-ring (bicyclic) bond motifs is 1. The fraction of sp³-hybridized carbons (Fsp3) is 0.133. The number of halogens is 1. The molecule has 0 unspecified atom stereocenters. The number of nitrogens with zero attached hydrogens (tertiary/aromatic N) is 1. The van der Waals surface area contributed by atoms with Crippen LogP contribution in [0.4, 0.5) is 0 Å². The summed E-state index contributed by atoms with van der Waals surface area (Å²) in [5.41, 5.74) is 11.0. The Bertz CT molecular complexity index is 746. The molecule has 0 radical (unpaired) electrons. The number of benzene rings is 2. The summed E-state index contributed by atoms with van der Waals surface area (Å²) < 4.78 is 1.05. The van der Waals surface area contributed by atoms with Crippen LogP contribution in [0.1, 0.15) is 11.1 Å². The lowest BCUT2D eigenvalue weighted by Crippen LogP contribution is -1.95. The second-order valence-electron chi connectivity index (χ2n) is 4.62. The van der Waals surface area contributed by atoms with E-state index in [1.54, 1.807) is 0 Å². The molecule has 3 aromatic rings. The van der Waals surface area contributed by atoms with Crippen LogP contribution < -0.4 is 5.73 Å². The lowest BCUT2D eigenvalue weighted by atomic mass is 10.1. The van der Waals surface area contributed by atoms with Gasteiger partial charge in [-0.15, -0.1) is 0 Å². The van der Waals surface area contributed by atoms with E-state index in [1.807, 2.05) is 18.2 Å². The molecule has 0 aliphatic heterocycles. The standard InChI is InChI=1S/C15H14BrN3/c1-9-2-4-11(12(16)6-9)15-18-13-5-3-10(8-17)7-14(13)19-15/h2-7H,8,17H2,1H3,(H,18,19). The first-order valence-corrected chi connectivity index (χ1v) is 6.92. The maximum Gasteiger partial charge on any atom is 0.139 e. The first-order chi connectivity index (χ1) is 9.17. The van der Waals surface area contributed by atoms with Crippen molar-refractivity contribution >= 4 is 27.0 Å². The first-order valence-electron chi connectivity index (χ1n) is 6.12. The summed E-state index contributed by atoms with van der Waals surface area (Å²) in [6, 6.07) is 12.3. The van der Waals surface area contributed by atoms with Gasteiger partial charge in [0.2, 0.25) is 0 Å². The summed E-state index contributed by atoms with van der Waals surface area (Å²) in [7, 11) is 0. The highest BCUT2D eigenvalue weighted by Gasteiger charge is 2.09. The highest BCUT2D eigenvalue weighted by atomic mass is 79.9. The van der Waals surface area contributed by atoms with Crippen molar-refractivity contribution in [3.63, 3.8) is 0 Å². The van der Waals surface area contributed by atoms with Crippen LogP contribution in [-0.4, -0.2) is 9.97 Å². The van der Waals surface area contributed by atoms with E-state index in [0.29, 0.717) is 6.54 Å². The molecule has 0 fully saturated rings. The monoisotopic (exact) mass is 315 g/mol. The van der Waals surface area contributed by atoms with Gasteiger partial charge in [0.1, 0.15) is 5.82 Å². The van der Waals surface area contributed by atoms with E-state index in [0.717, 1.165) is 32.5 Å². The predicted molar refractivity (Wildman–Crippen MR) is 81.9 cm³/mol. The zero-order chi connectivity index (χ0) is 13.4. The number of nitrogens with one attached hydrogen (secondary N) is 1. The van der Waals surface area contributed by atoms with Crippen molar-refractivity contribution in [2.75, 3.05) is 0 Å². The summed E-state index contributed by atoms with van der Waals surface area (Å²) in [5, 5.41) is 0. The number of H-pyrrole nitrogens is 1. The van der Waals surface area contributed by atoms with Gasteiger partial charge in [-0.05, 0) is 42.3 Å². The Labute approximate surface area is 120 Å². The van der Waals surface area contributed by atoms with Crippen LogP contribution in [0.25, 0.3) is 22.4 Å². The molecule has 0 amide bonds. The third kappa shape index (κ3) is 2.29. The van der Waals surface area contributed by atoms with Gasteiger partial charge in [-0.2, -0.15) is 0 Å². The number of aromatic amines is 1. The third-order valence-corrected chi connectivity index (χ3v) is 3.82. The van der Waals surface area contributed by atoms with Crippen molar-refractivity contribution in [3.8, 4) is 11.4 Å². The van der Waals surface area contributed by atoms with Crippen LogP contribution in [0.5, 0.6) is 0 Å². The summed E-state index contributed by atoms with van der Waals surface area (Å²) in [5.74, 6) is 0.871. The highest BCUT2D eigenvalue weighted by molar-refractivity contribution is 9.10. The van der Waals surface area contributed by atoms with Crippen LogP contribution in [0.2, 0.25) is 0 Å². The molecule has 3 rings (SSSR count). The molecule has 3 nitrogen and oxygen atoms in total. The van der Waals surface area contributed by atoms with Gasteiger partial charge in [-0.3, -0.25) is 0 Å². The molecule has 1 aromatic heterocycles. The van der Waals surface area contributed by atoms with E-state index < -0.39 is 0 Å². The summed E-state index contributed by atoms with van der Waals surface area (Å²) in [4.78, 5) is 7.97. The van der Waals surface area contributed by atoms with E-state index in [2.05, 4.69) is 51.0 Å². The number of nitrogens with two attached hydrogens (primary N) is 1. The molecular formula is C15H14BrN3. The van der Waals surface area contributed by atoms with Crippen LogP contribution in [-0.2, 0) is 6.54 Å². The fourth-order valence-corrected chi connectivity index (χ4v) is 2.80. The Hall–Kier alpha value is -1.65. The minimum Gasteiger partial charge on any atom is -0.338 e. The van der Waals surface area contributed by atoms with Crippen LogP contribution in [0.15, 0.2) is 40.9 Å². The number of rotatable bonds is 2. The van der Waals surface area contributed by atoms with Gasteiger partial charge in [0.15, 0.2) is 0 Å². The lowest BCUT2D eigenvalue weighted by molar-refractivity contribution is 1.07. The molecule has 0 bridgehead atoms. The second-order valence-corrected chi connectivity index (χ2v) is 5.48. The molecule has 0 spiro atoms. The molecule has 0 aliphatic carbocycles.